The second kappa shape index (κ2) is 7.31. The lowest BCUT2D eigenvalue weighted by Gasteiger charge is -2.09. The molecule has 1 aromatic heterocycles. The smallest absolute Gasteiger partial charge is 0.256 e. The number of aromatic nitrogens is 2. The SMILES string of the molecule is Cc1nn(C)c(C)c1Cc1ccc(NC(=O)c2cccc3ccccc23)cc1. The molecule has 0 saturated heterocycles. The van der Waals surface area contributed by atoms with E-state index in [0.717, 1.165) is 28.6 Å². The number of carbonyl (C=O) groups excluding carboxylic acids is 1. The Morgan fingerprint density at radius 3 is 2.39 bits per heavy atom. The van der Waals surface area contributed by atoms with Crippen LogP contribution in [0.15, 0.2) is 66.7 Å². The van der Waals surface area contributed by atoms with Crippen LogP contribution >= 0.6 is 0 Å². The van der Waals surface area contributed by atoms with Crippen LogP contribution in [-0.2, 0) is 13.5 Å². The summed E-state index contributed by atoms with van der Waals surface area (Å²) in [6.45, 7) is 4.13. The Hall–Kier alpha value is -3.40. The number of hydrogen-bond acceptors (Lipinski definition) is 2. The summed E-state index contributed by atoms with van der Waals surface area (Å²) in [5.41, 5.74) is 6.18. The standard InChI is InChI=1S/C24H23N3O/c1-16-23(17(2)27(3)26-16)15-18-11-13-20(14-12-18)25-24(28)22-10-6-8-19-7-4-5-9-21(19)22/h4-14H,15H2,1-3H3,(H,25,28). The van der Waals surface area contributed by atoms with Gasteiger partial charge < -0.3 is 5.32 Å². The van der Waals surface area contributed by atoms with Gasteiger partial charge >= 0.3 is 0 Å². The first-order valence-corrected chi connectivity index (χ1v) is 9.40. The third-order valence-corrected chi connectivity index (χ3v) is 5.29. The van der Waals surface area contributed by atoms with Crippen LogP contribution in [0.25, 0.3) is 10.8 Å². The number of nitrogens with one attached hydrogen (secondary N) is 1. The fourth-order valence-corrected chi connectivity index (χ4v) is 3.61. The molecular weight excluding hydrogens is 346 g/mol. The molecule has 1 amide bonds. The topological polar surface area (TPSA) is 46.9 Å². The normalized spacial score (nSPS) is 11.0. The first-order chi connectivity index (χ1) is 13.5. The molecule has 3 aromatic carbocycles. The molecule has 0 saturated carbocycles. The van der Waals surface area contributed by atoms with Crippen molar-refractivity contribution in [3.8, 4) is 0 Å². The van der Waals surface area contributed by atoms with Crippen molar-refractivity contribution >= 4 is 22.4 Å². The van der Waals surface area contributed by atoms with Gasteiger partial charge in [0.25, 0.3) is 5.91 Å². The monoisotopic (exact) mass is 369 g/mol. The average molecular weight is 369 g/mol. The van der Waals surface area contributed by atoms with Gasteiger partial charge in [-0.3, -0.25) is 9.48 Å². The largest absolute Gasteiger partial charge is 0.322 e. The Morgan fingerprint density at radius 2 is 1.68 bits per heavy atom. The van der Waals surface area contributed by atoms with Gasteiger partial charge in [-0.2, -0.15) is 5.10 Å². The highest BCUT2D eigenvalue weighted by Crippen LogP contribution is 2.21. The van der Waals surface area contributed by atoms with Crippen molar-refractivity contribution in [2.75, 3.05) is 5.32 Å². The summed E-state index contributed by atoms with van der Waals surface area (Å²) in [7, 11) is 1.97. The summed E-state index contributed by atoms with van der Waals surface area (Å²) in [5, 5.41) is 9.52. The Kier molecular flexibility index (Phi) is 4.70. The summed E-state index contributed by atoms with van der Waals surface area (Å²) in [6, 6.07) is 21.8. The first kappa shape index (κ1) is 18.0. The molecule has 4 heteroatoms. The minimum atomic E-state index is -0.0940. The molecule has 0 radical (unpaired) electrons. The molecule has 1 N–H and O–H groups in total. The van der Waals surface area contributed by atoms with E-state index in [1.54, 1.807) is 0 Å². The molecule has 0 spiro atoms. The zero-order chi connectivity index (χ0) is 19.7. The number of aryl methyl sites for hydroxylation is 2. The van der Waals surface area contributed by atoms with Crippen molar-refractivity contribution in [2.24, 2.45) is 7.05 Å². The van der Waals surface area contributed by atoms with Gasteiger partial charge in [-0.15, -0.1) is 0 Å². The van der Waals surface area contributed by atoms with E-state index in [2.05, 4.69) is 29.5 Å². The molecule has 0 aliphatic rings. The van der Waals surface area contributed by atoms with E-state index in [1.807, 2.05) is 73.3 Å². The number of carbonyl (C=O) groups is 1. The zero-order valence-corrected chi connectivity index (χ0v) is 16.4. The van der Waals surface area contributed by atoms with E-state index in [-0.39, 0.29) is 5.91 Å². The molecule has 28 heavy (non-hydrogen) atoms. The molecule has 0 fully saturated rings. The van der Waals surface area contributed by atoms with Crippen molar-refractivity contribution in [3.63, 3.8) is 0 Å². The Labute approximate surface area is 164 Å². The number of rotatable bonds is 4. The van der Waals surface area contributed by atoms with Crippen molar-refractivity contribution < 1.29 is 4.79 Å². The summed E-state index contributed by atoms with van der Waals surface area (Å²) < 4.78 is 1.92. The molecule has 0 aliphatic carbocycles. The zero-order valence-electron chi connectivity index (χ0n) is 16.4. The van der Waals surface area contributed by atoms with Crippen LogP contribution in [0.1, 0.15) is 32.9 Å². The molecular formula is C24H23N3O. The quantitative estimate of drug-likeness (QED) is 0.548. The Morgan fingerprint density at radius 1 is 0.964 bits per heavy atom. The van der Waals surface area contributed by atoms with Crippen LogP contribution in [0, 0.1) is 13.8 Å². The van der Waals surface area contributed by atoms with Gasteiger partial charge in [-0.25, -0.2) is 0 Å². The van der Waals surface area contributed by atoms with Crippen LogP contribution < -0.4 is 5.32 Å². The van der Waals surface area contributed by atoms with Gasteiger partial charge in [0, 0.05) is 36.0 Å². The van der Waals surface area contributed by atoms with Gasteiger partial charge in [0.05, 0.1) is 5.69 Å². The third kappa shape index (κ3) is 3.41. The highest BCUT2D eigenvalue weighted by atomic mass is 16.1. The minimum Gasteiger partial charge on any atom is -0.322 e. The summed E-state index contributed by atoms with van der Waals surface area (Å²) in [5.74, 6) is -0.0940. The molecule has 0 aliphatic heterocycles. The van der Waals surface area contributed by atoms with Crippen LogP contribution in [0.4, 0.5) is 5.69 Å². The molecule has 0 unspecified atom stereocenters. The molecule has 140 valence electrons. The van der Waals surface area contributed by atoms with E-state index >= 15 is 0 Å². The molecule has 0 atom stereocenters. The number of anilines is 1. The van der Waals surface area contributed by atoms with Gasteiger partial charge in [0.1, 0.15) is 0 Å². The predicted molar refractivity (Wildman–Crippen MR) is 114 cm³/mol. The maximum Gasteiger partial charge on any atom is 0.256 e. The maximum absolute atomic E-state index is 12.8. The predicted octanol–water partition coefficient (Wildman–Crippen LogP) is 5.03. The number of fused-ring (bicyclic) bond motifs is 1. The fraction of sp³-hybridized carbons (Fsp3) is 0.167. The van der Waals surface area contributed by atoms with Gasteiger partial charge in [0.2, 0.25) is 0 Å². The third-order valence-electron chi connectivity index (χ3n) is 5.29. The molecule has 1 heterocycles. The highest BCUT2D eigenvalue weighted by molar-refractivity contribution is 6.12. The molecule has 4 rings (SSSR count). The van der Waals surface area contributed by atoms with Crippen molar-refractivity contribution in [1.29, 1.82) is 0 Å². The lowest BCUT2D eigenvalue weighted by molar-refractivity contribution is 0.102. The van der Waals surface area contributed by atoms with Gasteiger partial charge in [-0.1, -0.05) is 48.5 Å². The van der Waals surface area contributed by atoms with Crippen molar-refractivity contribution in [1.82, 2.24) is 9.78 Å². The molecule has 0 bridgehead atoms. The lowest BCUT2D eigenvalue weighted by atomic mass is 10.0. The second-order valence-electron chi connectivity index (χ2n) is 7.13. The van der Waals surface area contributed by atoms with E-state index in [0.29, 0.717) is 5.56 Å². The maximum atomic E-state index is 12.8. The molecule has 4 aromatic rings. The minimum absolute atomic E-state index is 0.0940. The number of hydrogen-bond donors (Lipinski definition) is 1. The summed E-state index contributed by atoms with van der Waals surface area (Å²) in [6.07, 6.45) is 0.836. The first-order valence-electron chi connectivity index (χ1n) is 9.40. The fourth-order valence-electron chi connectivity index (χ4n) is 3.61. The van der Waals surface area contributed by atoms with Crippen molar-refractivity contribution in [3.05, 3.63) is 94.8 Å². The van der Waals surface area contributed by atoms with Crippen LogP contribution in [0.3, 0.4) is 0 Å². The van der Waals surface area contributed by atoms with E-state index in [9.17, 15) is 4.79 Å². The van der Waals surface area contributed by atoms with Crippen LogP contribution in [0.2, 0.25) is 0 Å². The lowest BCUT2D eigenvalue weighted by Crippen LogP contribution is -2.12. The highest BCUT2D eigenvalue weighted by Gasteiger charge is 2.12. The number of nitrogens with zero attached hydrogens (tertiary/aromatic N) is 2. The summed E-state index contributed by atoms with van der Waals surface area (Å²) in [4.78, 5) is 12.8. The van der Waals surface area contributed by atoms with E-state index in [1.165, 1.54) is 16.8 Å². The van der Waals surface area contributed by atoms with Crippen molar-refractivity contribution in [2.45, 2.75) is 20.3 Å². The average Bonchev–Trinajstić information content (AvgIpc) is 2.95. The van der Waals surface area contributed by atoms with E-state index in [4.69, 9.17) is 0 Å². The summed E-state index contributed by atoms with van der Waals surface area (Å²) >= 11 is 0. The number of amides is 1. The molecule has 4 nitrogen and oxygen atoms in total. The van der Waals surface area contributed by atoms with Gasteiger partial charge in [-0.05, 0) is 48.4 Å². The van der Waals surface area contributed by atoms with E-state index < -0.39 is 0 Å². The Bertz CT molecular complexity index is 1150. The van der Waals surface area contributed by atoms with Crippen LogP contribution in [0.5, 0.6) is 0 Å². The second-order valence-corrected chi connectivity index (χ2v) is 7.13. The Balaban J connectivity index is 1.52. The van der Waals surface area contributed by atoms with Gasteiger partial charge in [0.15, 0.2) is 0 Å². The number of benzene rings is 3. The van der Waals surface area contributed by atoms with Crippen LogP contribution in [-0.4, -0.2) is 15.7 Å².